The first-order valence-corrected chi connectivity index (χ1v) is 11.0. The number of H-pyrrole nitrogens is 1. The number of aromatic amines is 1. The van der Waals surface area contributed by atoms with Gasteiger partial charge in [-0.25, -0.2) is 4.79 Å². The topological polar surface area (TPSA) is 98.7 Å². The summed E-state index contributed by atoms with van der Waals surface area (Å²) in [6, 6.07) is 8.86. The van der Waals surface area contributed by atoms with Gasteiger partial charge >= 0.3 is 5.69 Å². The van der Waals surface area contributed by atoms with Crippen LogP contribution < -0.4 is 17.0 Å². The zero-order valence-electron chi connectivity index (χ0n) is 16.6. The average molecular weight is 458 g/mol. The second-order valence-corrected chi connectivity index (χ2v) is 8.92. The van der Waals surface area contributed by atoms with Crippen LogP contribution in [0, 0.1) is 0 Å². The predicted octanol–water partition coefficient (Wildman–Crippen LogP) is 3.84. The van der Waals surface area contributed by atoms with E-state index >= 15 is 0 Å². The number of pyridine rings is 2. The first-order valence-electron chi connectivity index (χ1n) is 10.3. The summed E-state index contributed by atoms with van der Waals surface area (Å²) in [6.45, 7) is 0.250. The summed E-state index contributed by atoms with van der Waals surface area (Å²) in [7, 11) is 0. The zero-order valence-corrected chi connectivity index (χ0v) is 18.2. The summed E-state index contributed by atoms with van der Waals surface area (Å²) in [5, 5.41) is 1.32. The summed E-state index contributed by atoms with van der Waals surface area (Å²) in [5.41, 5.74) is 8.08. The standard InChI is InChI=1S/C22H21Cl2N5O2/c23-16-8-3-12(10-17(16)24)11-28-20-19(18-15(21(30)27-20)2-1-9-26-18)29(22(28)31)14-6-4-13(25)5-7-14/h1-3,8-10,13-14H,4-7,11,25H2,(H,27,30). The second kappa shape index (κ2) is 7.82. The molecule has 1 fully saturated rings. The van der Waals surface area contributed by atoms with Gasteiger partial charge in [-0.1, -0.05) is 29.3 Å². The van der Waals surface area contributed by atoms with Gasteiger partial charge in [0.25, 0.3) is 5.56 Å². The first kappa shape index (κ1) is 20.3. The van der Waals surface area contributed by atoms with Crippen molar-refractivity contribution in [2.24, 2.45) is 5.73 Å². The molecule has 3 heterocycles. The fourth-order valence-corrected chi connectivity index (χ4v) is 4.85. The van der Waals surface area contributed by atoms with E-state index < -0.39 is 0 Å². The quantitative estimate of drug-likeness (QED) is 0.488. The van der Waals surface area contributed by atoms with Crippen LogP contribution in [0.15, 0.2) is 46.1 Å². The highest BCUT2D eigenvalue weighted by molar-refractivity contribution is 6.42. The molecule has 0 saturated heterocycles. The van der Waals surface area contributed by atoms with Gasteiger partial charge in [0.2, 0.25) is 0 Å². The number of benzene rings is 1. The Hall–Kier alpha value is -2.61. The van der Waals surface area contributed by atoms with E-state index in [0.717, 1.165) is 31.2 Å². The largest absolute Gasteiger partial charge is 0.330 e. The summed E-state index contributed by atoms with van der Waals surface area (Å²) in [5.74, 6) is 0. The van der Waals surface area contributed by atoms with E-state index in [4.69, 9.17) is 28.9 Å². The second-order valence-electron chi connectivity index (χ2n) is 8.11. The molecule has 31 heavy (non-hydrogen) atoms. The number of aromatic nitrogens is 4. The van der Waals surface area contributed by atoms with Gasteiger partial charge in [-0.15, -0.1) is 0 Å². The molecule has 0 amide bonds. The van der Waals surface area contributed by atoms with Crippen molar-refractivity contribution in [3.63, 3.8) is 0 Å². The van der Waals surface area contributed by atoms with Crippen molar-refractivity contribution in [1.82, 2.24) is 19.1 Å². The number of rotatable bonds is 3. The Balaban J connectivity index is 1.77. The van der Waals surface area contributed by atoms with Crippen LogP contribution in [0.2, 0.25) is 10.0 Å². The third-order valence-corrected chi connectivity index (χ3v) is 6.85. The minimum Gasteiger partial charge on any atom is -0.328 e. The summed E-state index contributed by atoms with van der Waals surface area (Å²) >= 11 is 12.2. The maximum atomic E-state index is 13.7. The van der Waals surface area contributed by atoms with Crippen molar-refractivity contribution in [2.75, 3.05) is 0 Å². The van der Waals surface area contributed by atoms with Crippen molar-refractivity contribution in [1.29, 1.82) is 0 Å². The normalized spacial score (nSPS) is 19.3. The van der Waals surface area contributed by atoms with E-state index in [1.54, 1.807) is 39.6 Å². The molecule has 9 heteroatoms. The number of halogens is 2. The lowest BCUT2D eigenvalue weighted by Gasteiger charge is -2.27. The summed E-state index contributed by atoms with van der Waals surface area (Å²) in [4.78, 5) is 33.8. The number of hydrogen-bond acceptors (Lipinski definition) is 4. The van der Waals surface area contributed by atoms with Crippen molar-refractivity contribution < 1.29 is 0 Å². The molecule has 0 unspecified atom stereocenters. The molecule has 4 aromatic rings. The molecular formula is C22H21Cl2N5O2. The van der Waals surface area contributed by atoms with E-state index in [9.17, 15) is 9.59 Å². The smallest absolute Gasteiger partial charge is 0.328 e. The molecule has 1 aliphatic carbocycles. The van der Waals surface area contributed by atoms with Gasteiger partial charge in [-0.3, -0.25) is 18.9 Å². The molecule has 3 aromatic heterocycles. The Kier molecular flexibility index (Phi) is 5.12. The van der Waals surface area contributed by atoms with Gasteiger partial charge in [0.1, 0.15) is 16.7 Å². The fourth-order valence-electron chi connectivity index (χ4n) is 4.53. The Labute approximate surface area is 187 Å². The van der Waals surface area contributed by atoms with Gasteiger partial charge < -0.3 is 10.7 Å². The molecule has 0 atom stereocenters. The third kappa shape index (κ3) is 3.46. The van der Waals surface area contributed by atoms with Crippen molar-refractivity contribution >= 4 is 45.3 Å². The third-order valence-electron chi connectivity index (χ3n) is 6.11. The van der Waals surface area contributed by atoms with Crippen LogP contribution in [0.25, 0.3) is 22.1 Å². The number of nitrogens with two attached hydrogens (primary N) is 1. The minimum absolute atomic E-state index is 0.000893. The Morgan fingerprint density at radius 3 is 2.61 bits per heavy atom. The van der Waals surface area contributed by atoms with E-state index in [1.807, 2.05) is 6.07 Å². The van der Waals surface area contributed by atoms with Gasteiger partial charge in [-0.05, 0) is 55.5 Å². The van der Waals surface area contributed by atoms with Crippen LogP contribution in [0.5, 0.6) is 0 Å². The average Bonchev–Trinajstić information content (AvgIpc) is 3.03. The summed E-state index contributed by atoms with van der Waals surface area (Å²) < 4.78 is 3.38. The fraction of sp³-hybridized carbons (Fsp3) is 0.318. The van der Waals surface area contributed by atoms with E-state index in [1.165, 1.54) is 0 Å². The number of fused-ring (bicyclic) bond motifs is 3. The van der Waals surface area contributed by atoms with Gasteiger partial charge in [0.05, 0.1) is 22.0 Å². The molecule has 5 rings (SSSR count). The van der Waals surface area contributed by atoms with E-state index in [-0.39, 0.29) is 29.9 Å². The molecule has 3 N–H and O–H groups in total. The zero-order chi connectivity index (χ0) is 21.7. The highest BCUT2D eigenvalue weighted by Crippen LogP contribution is 2.31. The summed E-state index contributed by atoms with van der Waals surface area (Å²) in [6.07, 6.45) is 4.96. The lowest BCUT2D eigenvalue weighted by molar-refractivity contribution is 0.322. The highest BCUT2D eigenvalue weighted by Gasteiger charge is 2.27. The molecule has 0 aliphatic heterocycles. The maximum Gasteiger partial charge on any atom is 0.330 e. The molecule has 160 valence electrons. The van der Waals surface area contributed by atoms with Gasteiger partial charge in [-0.2, -0.15) is 0 Å². The Bertz CT molecular complexity index is 1410. The number of nitrogens with zero attached hydrogens (tertiary/aromatic N) is 3. The lowest BCUT2D eigenvalue weighted by Crippen LogP contribution is -2.33. The van der Waals surface area contributed by atoms with Gasteiger partial charge in [0.15, 0.2) is 0 Å². The molecule has 1 aromatic carbocycles. The van der Waals surface area contributed by atoms with Gasteiger partial charge in [0, 0.05) is 18.3 Å². The van der Waals surface area contributed by atoms with Crippen molar-refractivity contribution in [3.8, 4) is 0 Å². The minimum atomic E-state index is -0.277. The number of imidazole rings is 1. The molecular weight excluding hydrogens is 437 g/mol. The van der Waals surface area contributed by atoms with Crippen molar-refractivity contribution in [2.45, 2.75) is 44.3 Å². The Morgan fingerprint density at radius 1 is 1.10 bits per heavy atom. The maximum absolute atomic E-state index is 13.7. The van der Waals surface area contributed by atoms with Crippen molar-refractivity contribution in [3.05, 3.63) is 73.0 Å². The van der Waals surface area contributed by atoms with Crippen LogP contribution in [0.3, 0.4) is 0 Å². The van der Waals surface area contributed by atoms with Crippen LogP contribution in [-0.4, -0.2) is 25.1 Å². The number of nitrogens with one attached hydrogen (secondary N) is 1. The van der Waals surface area contributed by atoms with E-state index in [0.29, 0.717) is 32.1 Å². The molecule has 1 saturated carbocycles. The van der Waals surface area contributed by atoms with Crippen LogP contribution >= 0.6 is 23.2 Å². The molecule has 0 bridgehead atoms. The van der Waals surface area contributed by atoms with Crippen LogP contribution in [0.4, 0.5) is 0 Å². The molecule has 7 nitrogen and oxygen atoms in total. The number of hydrogen-bond donors (Lipinski definition) is 2. The van der Waals surface area contributed by atoms with E-state index in [2.05, 4.69) is 9.97 Å². The monoisotopic (exact) mass is 457 g/mol. The molecule has 0 spiro atoms. The van der Waals surface area contributed by atoms with Crippen LogP contribution in [-0.2, 0) is 6.54 Å². The molecule has 0 radical (unpaired) electrons. The van der Waals surface area contributed by atoms with Crippen LogP contribution in [0.1, 0.15) is 37.3 Å². The first-order chi connectivity index (χ1) is 14.9. The molecule has 1 aliphatic rings. The Morgan fingerprint density at radius 2 is 1.87 bits per heavy atom. The lowest BCUT2D eigenvalue weighted by atomic mass is 9.91. The highest BCUT2D eigenvalue weighted by atomic mass is 35.5. The predicted molar refractivity (Wildman–Crippen MR) is 123 cm³/mol. The SMILES string of the molecule is NC1CCC(n2c(=O)n(Cc3ccc(Cl)c(Cl)c3)c3[nH]c(=O)c4cccnc4c32)CC1.